The van der Waals surface area contributed by atoms with Crippen LogP contribution in [0.5, 0.6) is 0 Å². The lowest BCUT2D eigenvalue weighted by molar-refractivity contribution is 0.774. The molecule has 3 nitrogen and oxygen atoms in total. The van der Waals surface area contributed by atoms with E-state index in [4.69, 9.17) is 4.98 Å². The molecule has 0 bridgehead atoms. The van der Waals surface area contributed by atoms with Crippen LogP contribution in [-0.4, -0.2) is 16.5 Å². The molecule has 21 heavy (non-hydrogen) atoms. The van der Waals surface area contributed by atoms with Crippen LogP contribution in [-0.2, 0) is 0 Å². The number of aryl methyl sites for hydroxylation is 2. The zero-order chi connectivity index (χ0) is 15.6. The van der Waals surface area contributed by atoms with Gasteiger partial charge in [0.15, 0.2) is 0 Å². The van der Waals surface area contributed by atoms with Gasteiger partial charge in [0.05, 0.1) is 5.69 Å². The highest BCUT2D eigenvalue weighted by Crippen LogP contribution is 2.30. The van der Waals surface area contributed by atoms with Gasteiger partial charge in [-0.2, -0.15) is 0 Å². The van der Waals surface area contributed by atoms with Crippen LogP contribution in [0.3, 0.4) is 0 Å². The van der Waals surface area contributed by atoms with Crippen molar-refractivity contribution in [2.45, 2.75) is 47.5 Å². The van der Waals surface area contributed by atoms with Crippen LogP contribution in [0.1, 0.15) is 49.2 Å². The van der Waals surface area contributed by atoms with E-state index >= 15 is 0 Å². The minimum absolute atomic E-state index is 0.312. The number of anilines is 1. The normalized spacial score (nSPS) is 11.0. The molecule has 0 fully saturated rings. The molecule has 0 saturated heterocycles. The summed E-state index contributed by atoms with van der Waals surface area (Å²) in [5.74, 6) is 2.16. The van der Waals surface area contributed by atoms with Crippen LogP contribution in [0.2, 0.25) is 0 Å². The average molecular weight is 283 g/mol. The maximum atomic E-state index is 4.84. The van der Waals surface area contributed by atoms with Crippen molar-refractivity contribution >= 4 is 5.82 Å². The second-order valence-electron chi connectivity index (χ2n) is 5.91. The first-order valence-corrected chi connectivity index (χ1v) is 7.64. The van der Waals surface area contributed by atoms with Gasteiger partial charge in [0.2, 0.25) is 0 Å². The monoisotopic (exact) mass is 283 g/mol. The van der Waals surface area contributed by atoms with Gasteiger partial charge in [0.1, 0.15) is 11.6 Å². The van der Waals surface area contributed by atoms with Gasteiger partial charge in [-0.25, -0.2) is 9.97 Å². The number of aromatic nitrogens is 2. The van der Waals surface area contributed by atoms with E-state index in [-0.39, 0.29) is 0 Å². The van der Waals surface area contributed by atoms with E-state index in [1.807, 2.05) is 0 Å². The Labute approximate surface area is 127 Å². The van der Waals surface area contributed by atoms with Gasteiger partial charge in [-0.1, -0.05) is 31.5 Å². The van der Waals surface area contributed by atoms with Crippen LogP contribution < -0.4 is 5.32 Å². The molecule has 0 spiro atoms. The molecule has 3 heteroatoms. The first kappa shape index (κ1) is 15.5. The number of hydrogen-bond acceptors (Lipinski definition) is 3. The van der Waals surface area contributed by atoms with Gasteiger partial charge >= 0.3 is 0 Å². The van der Waals surface area contributed by atoms with Crippen molar-refractivity contribution < 1.29 is 0 Å². The Morgan fingerprint density at radius 2 is 1.81 bits per heavy atom. The summed E-state index contributed by atoms with van der Waals surface area (Å²) in [5.41, 5.74) is 5.88. The average Bonchev–Trinajstić information content (AvgIpc) is 2.44. The number of nitrogens with zero attached hydrogens (tertiary/aromatic N) is 2. The summed E-state index contributed by atoms with van der Waals surface area (Å²) >= 11 is 0. The molecule has 1 aromatic heterocycles. The highest BCUT2D eigenvalue weighted by Gasteiger charge is 2.15. The fraction of sp³-hybridized carbons (Fsp3) is 0.444. The highest BCUT2D eigenvalue weighted by molar-refractivity contribution is 5.71. The van der Waals surface area contributed by atoms with Crippen LogP contribution in [0.4, 0.5) is 5.82 Å². The van der Waals surface area contributed by atoms with Crippen molar-refractivity contribution in [3.8, 4) is 11.3 Å². The predicted molar refractivity (Wildman–Crippen MR) is 89.9 cm³/mol. The SMILES string of the molecule is CCNc1nc(C(C)C)nc(-c2cc(C)ccc2C)c1C. The van der Waals surface area contributed by atoms with Crippen LogP contribution in [0.15, 0.2) is 18.2 Å². The first-order chi connectivity index (χ1) is 9.93. The van der Waals surface area contributed by atoms with Crippen LogP contribution in [0, 0.1) is 20.8 Å². The molecular weight excluding hydrogens is 258 g/mol. The minimum atomic E-state index is 0.312. The molecule has 2 aromatic rings. The van der Waals surface area contributed by atoms with Crippen LogP contribution >= 0.6 is 0 Å². The van der Waals surface area contributed by atoms with Gasteiger partial charge in [-0.15, -0.1) is 0 Å². The lowest BCUT2D eigenvalue weighted by Gasteiger charge is -2.16. The molecule has 1 aromatic carbocycles. The van der Waals surface area contributed by atoms with E-state index in [2.05, 4.69) is 70.0 Å². The molecule has 112 valence electrons. The summed E-state index contributed by atoms with van der Waals surface area (Å²) in [6, 6.07) is 6.52. The van der Waals surface area contributed by atoms with Crippen molar-refractivity contribution in [2.24, 2.45) is 0 Å². The Morgan fingerprint density at radius 1 is 1.10 bits per heavy atom. The van der Waals surface area contributed by atoms with E-state index in [1.54, 1.807) is 0 Å². The standard InChI is InChI=1S/C18H25N3/c1-7-19-18-14(6)16(20-17(21-18)11(2)3)15-10-12(4)8-9-13(15)5/h8-11H,7H2,1-6H3,(H,19,20,21). The van der Waals surface area contributed by atoms with E-state index in [0.29, 0.717) is 5.92 Å². The number of hydrogen-bond donors (Lipinski definition) is 1. The minimum Gasteiger partial charge on any atom is -0.370 e. The van der Waals surface area contributed by atoms with Gasteiger partial charge < -0.3 is 5.32 Å². The molecule has 0 amide bonds. The third kappa shape index (κ3) is 3.23. The summed E-state index contributed by atoms with van der Waals surface area (Å²) in [6.07, 6.45) is 0. The van der Waals surface area contributed by atoms with Crippen molar-refractivity contribution in [1.29, 1.82) is 0 Å². The summed E-state index contributed by atoms with van der Waals surface area (Å²) in [4.78, 5) is 9.51. The maximum Gasteiger partial charge on any atom is 0.133 e. The molecule has 0 atom stereocenters. The highest BCUT2D eigenvalue weighted by atomic mass is 15.0. The van der Waals surface area contributed by atoms with E-state index in [9.17, 15) is 0 Å². The number of nitrogens with one attached hydrogen (secondary N) is 1. The Balaban J connectivity index is 2.69. The Bertz CT molecular complexity index is 645. The fourth-order valence-electron chi connectivity index (χ4n) is 2.38. The zero-order valence-corrected chi connectivity index (χ0v) is 13.9. The van der Waals surface area contributed by atoms with E-state index in [1.165, 1.54) is 16.7 Å². The molecule has 0 unspecified atom stereocenters. The van der Waals surface area contributed by atoms with Gasteiger partial charge in [-0.05, 0) is 39.3 Å². The molecule has 1 heterocycles. The third-order valence-electron chi connectivity index (χ3n) is 3.67. The summed E-state index contributed by atoms with van der Waals surface area (Å²) < 4.78 is 0. The second-order valence-corrected chi connectivity index (χ2v) is 5.91. The van der Waals surface area contributed by atoms with E-state index < -0.39 is 0 Å². The quantitative estimate of drug-likeness (QED) is 0.889. The largest absolute Gasteiger partial charge is 0.370 e. The molecule has 0 radical (unpaired) electrons. The first-order valence-electron chi connectivity index (χ1n) is 7.64. The fourth-order valence-corrected chi connectivity index (χ4v) is 2.38. The van der Waals surface area contributed by atoms with Crippen molar-refractivity contribution in [1.82, 2.24) is 9.97 Å². The topological polar surface area (TPSA) is 37.8 Å². The van der Waals surface area contributed by atoms with Gasteiger partial charge in [0, 0.05) is 23.6 Å². The smallest absolute Gasteiger partial charge is 0.133 e. The summed E-state index contributed by atoms with van der Waals surface area (Å²) in [5, 5.41) is 3.36. The third-order valence-corrected chi connectivity index (χ3v) is 3.67. The molecule has 0 aliphatic carbocycles. The maximum absolute atomic E-state index is 4.84. The molecule has 0 saturated carbocycles. The van der Waals surface area contributed by atoms with Crippen molar-refractivity contribution in [2.75, 3.05) is 11.9 Å². The van der Waals surface area contributed by atoms with Crippen LogP contribution in [0.25, 0.3) is 11.3 Å². The summed E-state index contributed by atoms with van der Waals surface area (Å²) in [6.45, 7) is 13.6. The predicted octanol–water partition coefficient (Wildman–Crippen LogP) is 4.62. The number of benzene rings is 1. The Kier molecular flexibility index (Phi) is 4.61. The second kappa shape index (κ2) is 6.25. The molecule has 2 rings (SSSR count). The van der Waals surface area contributed by atoms with Crippen molar-refractivity contribution in [3.63, 3.8) is 0 Å². The van der Waals surface area contributed by atoms with Gasteiger partial charge in [-0.3, -0.25) is 0 Å². The molecule has 1 N–H and O–H groups in total. The molecule has 0 aliphatic rings. The van der Waals surface area contributed by atoms with Gasteiger partial charge in [0.25, 0.3) is 0 Å². The van der Waals surface area contributed by atoms with Crippen molar-refractivity contribution in [3.05, 3.63) is 40.7 Å². The van der Waals surface area contributed by atoms with E-state index in [0.717, 1.165) is 29.4 Å². The molecular formula is C18H25N3. The zero-order valence-electron chi connectivity index (χ0n) is 13.9. The lowest BCUT2D eigenvalue weighted by Crippen LogP contribution is -2.09. The Hall–Kier alpha value is -1.90. The Morgan fingerprint density at radius 3 is 2.43 bits per heavy atom. The molecule has 0 aliphatic heterocycles. The lowest BCUT2D eigenvalue weighted by atomic mass is 9.99. The number of rotatable bonds is 4. The summed E-state index contributed by atoms with van der Waals surface area (Å²) in [7, 11) is 0.